The van der Waals surface area contributed by atoms with Crippen LogP contribution in [-0.4, -0.2) is 125 Å². The summed E-state index contributed by atoms with van der Waals surface area (Å²) in [5.74, 6) is 0. The van der Waals surface area contributed by atoms with Crippen molar-refractivity contribution in [2.75, 3.05) is 6.61 Å². The summed E-state index contributed by atoms with van der Waals surface area (Å²) in [7, 11) is 0. The van der Waals surface area contributed by atoms with Gasteiger partial charge >= 0.3 is 0 Å². The number of ether oxygens (including phenoxy) is 2. The minimum absolute atomic E-state index is 0.891. The predicted octanol–water partition coefficient (Wildman–Crippen LogP) is -6.69. The van der Waals surface area contributed by atoms with Gasteiger partial charge in [-0.1, -0.05) is 0 Å². The van der Waals surface area contributed by atoms with E-state index in [9.17, 15) is 46.0 Å². The lowest BCUT2D eigenvalue weighted by Gasteiger charge is -2.51. The van der Waals surface area contributed by atoms with Crippen LogP contribution in [0.4, 0.5) is 0 Å². The van der Waals surface area contributed by atoms with Gasteiger partial charge in [-0.05, 0) is 0 Å². The zero-order valence-electron chi connectivity index (χ0n) is 12.3. The fraction of sp³-hybridized carbons (Fsp3) is 1.00. The van der Waals surface area contributed by atoms with Crippen molar-refractivity contribution in [3.05, 3.63) is 0 Å². The second-order valence-electron chi connectivity index (χ2n) is 5.93. The van der Waals surface area contributed by atoms with Gasteiger partial charge in [-0.2, -0.15) is 0 Å². The first kappa shape index (κ1) is 19.8. The van der Waals surface area contributed by atoms with Gasteiger partial charge in [-0.3, -0.25) is 0 Å². The van der Waals surface area contributed by atoms with E-state index in [1.807, 2.05) is 0 Å². The van der Waals surface area contributed by atoms with Crippen LogP contribution < -0.4 is 0 Å². The summed E-state index contributed by atoms with van der Waals surface area (Å²) in [5, 5.41) is 97.9. The molecule has 11 atom stereocenters. The second kappa shape index (κ2) is 7.03. The highest BCUT2D eigenvalue weighted by Gasteiger charge is 2.62. The van der Waals surface area contributed by atoms with Crippen LogP contribution in [0.2, 0.25) is 0 Å². The Kier molecular flexibility index (Phi) is 5.81. The molecule has 12 heteroatoms. The third-order valence-corrected chi connectivity index (χ3v) is 4.47. The number of hydrogen-bond acceptors (Lipinski definition) is 12. The van der Waals surface area contributed by atoms with Crippen molar-refractivity contribution >= 4 is 0 Å². The molecule has 0 radical (unpaired) electrons. The van der Waals surface area contributed by atoms with Crippen LogP contribution in [-0.2, 0) is 9.47 Å². The maximum Gasteiger partial charge on any atom is 0.184 e. The first-order valence-corrected chi connectivity index (χ1v) is 7.16. The van der Waals surface area contributed by atoms with E-state index < -0.39 is 73.6 Å². The Morgan fingerprint density at radius 1 is 0.792 bits per heavy atom. The maximum atomic E-state index is 10.5. The summed E-state index contributed by atoms with van der Waals surface area (Å²) in [6.45, 7) is -0.891. The normalized spacial score (nSPS) is 54.5. The zero-order chi connectivity index (χ0) is 18.4. The average Bonchev–Trinajstić information content (AvgIpc) is 2.56. The Labute approximate surface area is 135 Å². The third-order valence-electron chi connectivity index (χ3n) is 4.47. The van der Waals surface area contributed by atoms with Gasteiger partial charge in [-0.15, -0.1) is 0 Å². The van der Waals surface area contributed by atoms with Gasteiger partial charge in [0.25, 0.3) is 0 Å². The fourth-order valence-electron chi connectivity index (χ4n) is 2.93. The van der Waals surface area contributed by atoms with E-state index in [0.29, 0.717) is 0 Å². The molecule has 2 heterocycles. The summed E-state index contributed by atoms with van der Waals surface area (Å²) < 4.78 is 9.41. The molecule has 2 aliphatic heterocycles. The minimum Gasteiger partial charge on any atom is -0.394 e. The Morgan fingerprint density at radius 2 is 1.38 bits per heavy atom. The van der Waals surface area contributed by atoms with Gasteiger partial charge in [-0.25, -0.2) is 0 Å². The largest absolute Gasteiger partial charge is 0.394 e. The summed E-state index contributed by atoms with van der Waals surface area (Å²) in [6, 6.07) is 0. The first-order valence-electron chi connectivity index (χ1n) is 7.16. The van der Waals surface area contributed by atoms with E-state index >= 15 is 0 Å². The van der Waals surface area contributed by atoms with Crippen molar-refractivity contribution in [3.8, 4) is 0 Å². The first-order chi connectivity index (χ1) is 11.1. The average molecular weight is 358 g/mol. The summed E-state index contributed by atoms with van der Waals surface area (Å²) >= 11 is 0. The molecule has 2 aliphatic rings. The summed E-state index contributed by atoms with van der Waals surface area (Å²) in [5.41, 5.74) is -2.96. The molecule has 0 aliphatic carbocycles. The van der Waals surface area contributed by atoms with Crippen LogP contribution in [0.1, 0.15) is 0 Å². The van der Waals surface area contributed by atoms with Crippen molar-refractivity contribution in [2.24, 2.45) is 0 Å². The highest BCUT2D eigenvalue weighted by molar-refractivity contribution is 5.10. The quantitative estimate of drug-likeness (QED) is 0.227. The number of hydrogen-bond donors (Lipinski definition) is 10. The van der Waals surface area contributed by atoms with Gasteiger partial charge in [0.15, 0.2) is 18.2 Å². The van der Waals surface area contributed by atoms with E-state index in [2.05, 4.69) is 4.74 Å². The summed E-state index contributed by atoms with van der Waals surface area (Å²) in [6.07, 6.45) is -20.4. The molecule has 2 fully saturated rings. The molecule has 3 unspecified atom stereocenters. The van der Waals surface area contributed by atoms with Gasteiger partial charge < -0.3 is 60.5 Å². The Bertz CT molecular complexity index is 436. The second-order valence-corrected chi connectivity index (χ2v) is 5.93. The Morgan fingerprint density at radius 3 is 1.92 bits per heavy atom. The van der Waals surface area contributed by atoms with E-state index in [1.165, 1.54) is 0 Å². The van der Waals surface area contributed by atoms with E-state index in [4.69, 9.17) is 9.84 Å². The van der Waals surface area contributed by atoms with Gasteiger partial charge in [0.1, 0.15) is 48.8 Å². The minimum atomic E-state index is -2.96. The molecule has 24 heavy (non-hydrogen) atoms. The van der Waals surface area contributed by atoms with Crippen molar-refractivity contribution in [1.82, 2.24) is 0 Å². The van der Waals surface area contributed by atoms with Crippen molar-refractivity contribution in [2.45, 2.75) is 67.0 Å². The molecular formula is C12H22O12. The smallest absolute Gasteiger partial charge is 0.184 e. The van der Waals surface area contributed by atoms with E-state index in [1.54, 1.807) is 0 Å². The molecule has 10 N–H and O–H groups in total. The third kappa shape index (κ3) is 2.94. The maximum absolute atomic E-state index is 10.5. The van der Waals surface area contributed by atoms with Crippen LogP contribution in [0.25, 0.3) is 0 Å². The Balaban J connectivity index is 2.32. The van der Waals surface area contributed by atoms with Crippen molar-refractivity contribution < 1.29 is 60.5 Å². The molecule has 12 nitrogen and oxygen atoms in total. The van der Waals surface area contributed by atoms with Gasteiger partial charge in [0.05, 0.1) is 6.61 Å². The zero-order valence-corrected chi connectivity index (χ0v) is 12.3. The van der Waals surface area contributed by atoms with Crippen LogP contribution in [0.15, 0.2) is 0 Å². The number of aliphatic hydroxyl groups excluding tert-OH is 9. The number of rotatable bonds is 3. The molecule has 2 rings (SSSR count). The van der Waals surface area contributed by atoms with Gasteiger partial charge in [0.2, 0.25) is 0 Å². The molecule has 0 aromatic heterocycles. The Hall–Kier alpha value is -0.480. The van der Waals surface area contributed by atoms with Crippen LogP contribution in [0.5, 0.6) is 0 Å². The fourth-order valence-corrected chi connectivity index (χ4v) is 2.93. The van der Waals surface area contributed by atoms with Gasteiger partial charge in [0, 0.05) is 0 Å². The van der Waals surface area contributed by atoms with Crippen LogP contribution >= 0.6 is 0 Å². The molecule has 0 aromatic rings. The molecular weight excluding hydrogens is 336 g/mol. The molecule has 0 amide bonds. The summed E-state index contributed by atoms with van der Waals surface area (Å²) in [4.78, 5) is 0. The lowest BCUT2D eigenvalue weighted by molar-refractivity contribution is -0.365. The predicted molar refractivity (Wildman–Crippen MR) is 69.8 cm³/mol. The SMILES string of the molecule is OC[C@H]1OC(O)[C@H](O)[C@](O)(C(O)[C@H]2OC(O)[C@H](O)[C@@H](O)[C@H]2O)[C@H]1O. The van der Waals surface area contributed by atoms with E-state index in [-0.39, 0.29) is 0 Å². The highest BCUT2D eigenvalue weighted by Crippen LogP contribution is 2.36. The molecule has 0 saturated carbocycles. The lowest BCUT2D eigenvalue weighted by Crippen LogP contribution is -2.76. The lowest BCUT2D eigenvalue weighted by atomic mass is 9.75. The standard InChI is InChI=1S/C12H22O12/c13-1-2-7(17)12(22,9(19)11(21)23-2)8(18)6-4(15)3(14)5(16)10(20)24-6/h2-11,13-22H,1H2/t2-,3+,4-,5-,6+,7+,8?,9+,10?,11?,12-/m1/s1. The van der Waals surface area contributed by atoms with Crippen molar-refractivity contribution in [3.63, 3.8) is 0 Å². The molecule has 142 valence electrons. The monoisotopic (exact) mass is 358 g/mol. The molecule has 2 saturated heterocycles. The van der Waals surface area contributed by atoms with E-state index in [0.717, 1.165) is 0 Å². The molecule has 0 aromatic carbocycles. The topological polar surface area (TPSA) is 221 Å². The van der Waals surface area contributed by atoms with Crippen LogP contribution in [0, 0.1) is 0 Å². The number of aliphatic hydroxyl groups is 10. The molecule has 0 spiro atoms. The highest BCUT2D eigenvalue weighted by atomic mass is 16.7. The van der Waals surface area contributed by atoms with Crippen LogP contribution in [0.3, 0.4) is 0 Å². The van der Waals surface area contributed by atoms with Crippen molar-refractivity contribution in [1.29, 1.82) is 0 Å². The molecule has 0 bridgehead atoms.